The molecule has 0 bridgehead atoms. The van der Waals surface area contributed by atoms with Crippen LogP contribution in [0.25, 0.3) is 11.0 Å². The molecular weight excluding hydrogens is 272 g/mol. The largest absolute Gasteiger partial charge is 0.396 e. The molecule has 2 aromatic rings. The number of amides is 2. The number of hydrogen-bond acceptors (Lipinski definition) is 3. The molecule has 2 amide bonds. The zero-order chi connectivity index (χ0) is 15.2. The van der Waals surface area contributed by atoms with Crippen LogP contribution in [0.3, 0.4) is 0 Å². The van der Waals surface area contributed by atoms with Crippen molar-refractivity contribution in [1.82, 2.24) is 20.2 Å². The highest BCUT2D eigenvalue weighted by molar-refractivity contribution is 5.75. The Balaban J connectivity index is 1.89. The van der Waals surface area contributed by atoms with E-state index in [4.69, 9.17) is 5.11 Å². The SMILES string of the molecule is C[C@H](CCO)NC(=O)NCCn1c(=O)[nH]c2ccccc21. The summed E-state index contributed by atoms with van der Waals surface area (Å²) < 4.78 is 1.59. The van der Waals surface area contributed by atoms with Gasteiger partial charge in [-0.2, -0.15) is 0 Å². The molecule has 0 aliphatic rings. The van der Waals surface area contributed by atoms with Gasteiger partial charge in [-0.3, -0.25) is 4.57 Å². The molecule has 4 N–H and O–H groups in total. The molecule has 1 atom stereocenters. The minimum atomic E-state index is -0.302. The average molecular weight is 292 g/mol. The average Bonchev–Trinajstić information content (AvgIpc) is 2.75. The van der Waals surface area contributed by atoms with E-state index in [0.717, 1.165) is 11.0 Å². The molecule has 7 heteroatoms. The van der Waals surface area contributed by atoms with Gasteiger partial charge in [-0.1, -0.05) is 12.1 Å². The fraction of sp³-hybridized carbons (Fsp3) is 0.429. The van der Waals surface area contributed by atoms with Gasteiger partial charge in [0.2, 0.25) is 0 Å². The van der Waals surface area contributed by atoms with Crippen molar-refractivity contribution in [3.63, 3.8) is 0 Å². The maximum absolute atomic E-state index is 11.8. The van der Waals surface area contributed by atoms with Crippen molar-refractivity contribution < 1.29 is 9.90 Å². The molecule has 0 radical (unpaired) electrons. The van der Waals surface area contributed by atoms with Crippen LogP contribution in [0.15, 0.2) is 29.1 Å². The fourth-order valence-corrected chi connectivity index (χ4v) is 2.15. The molecule has 0 saturated heterocycles. The lowest BCUT2D eigenvalue weighted by atomic mass is 10.2. The summed E-state index contributed by atoms with van der Waals surface area (Å²) in [6, 6.07) is 7.02. The number of imidazole rings is 1. The lowest BCUT2D eigenvalue weighted by Gasteiger charge is -2.13. The highest BCUT2D eigenvalue weighted by Gasteiger charge is 2.08. The van der Waals surface area contributed by atoms with Gasteiger partial charge in [0.1, 0.15) is 0 Å². The Morgan fingerprint density at radius 1 is 1.43 bits per heavy atom. The molecule has 2 rings (SSSR count). The van der Waals surface area contributed by atoms with Crippen molar-refractivity contribution in [2.24, 2.45) is 0 Å². The van der Waals surface area contributed by atoms with Gasteiger partial charge in [0.25, 0.3) is 0 Å². The molecule has 0 aliphatic heterocycles. The predicted octanol–water partition coefficient (Wildman–Crippen LogP) is 0.400. The first-order valence-electron chi connectivity index (χ1n) is 6.94. The quantitative estimate of drug-likeness (QED) is 0.620. The summed E-state index contributed by atoms with van der Waals surface area (Å²) in [7, 11) is 0. The lowest BCUT2D eigenvalue weighted by Crippen LogP contribution is -2.42. The molecule has 114 valence electrons. The topological polar surface area (TPSA) is 99.1 Å². The number of nitrogens with zero attached hydrogens (tertiary/aromatic N) is 1. The number of nitrogens with one attached hydrogen (secondary N) is 3. The summed E-state index contributed by atoms with van der Waals surface area (Å²) >= 11 is 0. The number of aromatic nitrogens is 2. The molecule has 0 fully saturated rings. The summed E-state index contributed by atoms with van der Waals surface area (Å²) in [4.78, 5) is 26.2. The summed E-state index contributed by atoms with van der Waals surface area (Å²) in [5.74, 6) is 0. The maximum atomic E-state index is 11.8. The summed E-state index contributed by atoms with van der Waals surface area (Å²) in [5, 5.41) is 14.2. The molecule has 0 aliphatic carbocycles. The minimum absolute atomic E-state index is 0.0339. The lowest BCUT2D eigenvalue weighted by molar-refractivity contribution is 0.230. The molecule has 21 heavy (non-hydrogen) atoms. The standard InChI is InChI=1S/C14H20N4O3/c1-10(6-9-19)16-13(20)15-7-8-18-12-5-3-2-4-11(12)17-14(18)21/h2-5,10,19H,6-9H2,1H3,(H,17,21)(H2,15,16,20)/t10-/m1/s1. The summed E-state index contributed by atoms with van der Waals surface area (Å²) in [6.45, 7) is 2.59. The van der Waals surface area contributed by atoms with Crippen molar-refractivity contribution in [1.29, 1.82) is 0 Å². The molecule has 0 unspecified atom stereocenters. The number of rotatable bonds is 6. The second kappa shape index (κ2) is 6.94. The van der Waals surface area contributed by atoms with Crippen molar-refractivity contribution in [3.8, 4) is 0 Å². The van der Waals surface area contributed by atoms with Crippen LogP contribution >= 0.6 is 0 Å². The van der Waals surface area contributed by atoms with Crippen LogP contribution in [0.4, 0.5) is 4.79 Å². The normalized spacial score (nSPS) is 12.3. The second-order valence-corrected chi connectivity index (χ2v) is 4.91. The van der Waals surface area contributed by atoms with E-state index < -0.39 is 0 Å². The van der Waals surface area contributed by atoms with Crippen LogP contribution in [0, 0.1) is 0 Å². The van der Waals surface area contributed by atoms with Gasteiger partial charge in [-0.25, -0.2) is 9.59 Å². The number of urea groups is 1. The molecule has 7 nitrogen and oxygen atoms in total. The number of carbonyl (C=O) groups is 1. The highest BCUT2D eigenvalue weighted by atomic mass is 16.3. The Hall–Kier alpha value is -2.28. The first-order valence-corrected chi connectivity index (χ1v) is 6.94. The van der Waals surface area contributed by atoms with Gasteiger partial charge in [0.15, 0.2) is 0 Å². The van der Waals surface area contributed by atoms with E-state index >= 15 is 0 Å². The van der Waals surface area contributed by atoms with Crippen molar-refractivity contribution in [2.75, 3.05) is 13.2 Å². The van der Waals surface area contributed by atoms with Crippen molar-refractivity contribution >= 4 is 17.1 Å². The molecular formula is C14H20N4O3. The number of fused-ring (bicyclic) bond motifs is 1. The number of aliphatic hydroxyl groups excluding tert-OH is 1. The predicted molar refractivity (Wildman–Crippen MR) is 80.3 cm³/mol. The Kier molecular flexibility index (Phi) is 4.99. The zero-order valence-corrected chi connectivity index (χ0v) is 11.9. The third-order valence-corrected chi connectivity index (χ3v) is 3.24. The second-order valence-electron chi connectivity index (χ2n) is 4.91. The van der Waals surface area contributed by atoms with Crippen molar-refractivity contribution in [3.05, 3.63) is 34.7 Å². The Labute approximate surface area is 122 Å². The van der Waals surface area contributed by atoms with Crippen LogP contribution in [0.2, 0.25) is 0 Å². The molecule has 0 spiro atoms. The smallest absolute Gasteiger partial charge is 0.326 e. The molecule has 1 aromatic carbocycles. The summed E-state index contributed by atoms with van der Waals surface area (Å²) in [5.41, 5.74) is 1.41. The summed E-state index contributed by atoms with van der Waals surface area (Å²) in [6.07, 6.45) is 0.509. The van der Waals surface area contributed by atoms with E-state index in [-0.39, 0.29) is 24.4 Å². The number of benzene rings is 1. The van der Waals surface area contributed by atoms with E-state index in [9.17, 15) is 9.59 Å². The van der Waals surface area contributed by atoms with Crippen LogP contribution in [0.5, 0.6) is 0 Å². The number of aromatic amines is 1. The van der Waals surface area contributed by atoms with Crippen LogP contribution in [-0.2, 0) is 6.54 Å². The number of para-hydroxylation sites is 2. The zero-order valence-electron chi connectivity index (χ0n) is 11.9. The molecule has 1 heterocycles. The Morgan fingerprint density at radius 3 is 2.95 bits per heavy atom. The van der Waals surface area contributed by atoms with Crippen LogP contribution in [-0.4, -0.2) is 39.9 Å². The van der Waals surface area contributed by atoms with Gasteiger partial charge < -0.3 is 20.7 Å². The van der Waals surface area contributed by atoms with Gasteiger partial charge in [0.05, 0.1) is 11.0 Å². The number of H-pyrrole nitrogens is 1. The molecule has 1 aromatic heterocycles. The monoisotopic (exact) mass is 292 g/mol. The Bertz CT molecular complexity index is 662. The minimum Gasteiger partial charge on any atom is -0.396 e. The highest BCUT2D eigenvalue weighted by Crippen LogP contribution is 2.08. The van der Waals surface area contributed by atoms with Gasteiger partial charge in [0, 0.05) is 25.7 Å². The first kappa shape index (κ1) is 15.1. The third kappa shape index (κ3) is 3.85. The number of hydrogen-bond donors (Lipinski definition) is 4. The van der Waals surface area contributed by atoms with E-state index in [0.29, 0.717) is 19.5 Å². The van der Waals surface area contributed by atoms with E-state index in [1.807, 2.05) is 31.2 Å². The third-order valence-electron chi connectivity index (χ3n) is 3.24. The Morgan fingerprint density at radius 2 is 2.19 bits per heavy atom. The van der Waals surface area contributed by atoms with Gasteiger partial charge >= 0.3 is 11.7 Å². The van der Waals surface area contributed by atoms with E-state index in [1.54, 1.807) is 4.57 Å². The van der Waals surface area contributed by atoms with Gasteiger partial charge in [-0.15, -0.1) is 0 Å². The number of aliphatic hydroxyl groups is 1. The first-order chi connectivity index (χ1) is 10.1. The van der Waals surface area contributed by atoms with Crippen molar-refractivity contribution in [2.45, 2.75) is 25.9 Å². The number of carbonyl (C=O) groups excluding carboxylic acids is 1. The van der Waals surface area contributed by atoms with Crippen LogP contribution < -0.4 is 16.3 Å². The van der Waals surface area contributed by atoms with E-state index in [2.05, 4.69) is 15.6 Å². The van der Waals surface area contributed by atoms with Gasteiger partial charge in [-0.05, 0) is 25.5 Å². The van der Waals surface area contributed by atoms with Crippen LogP contribution in [0.1, 0.15) is 13.3 Å². The van der Waals surface area contributed by atoms with E-state index in [1.165, 1.54) is 0 Å². The maximum Gasteiger partial charge on any atom is 0.326 e. The molecule has 0 saturated carbocycles. The fourth-order valence-electron chi connectivity index (χ4n) is 2.15.